The highest BCUT2D eigenvalue weighted by Gasteiger charge is 2.34. The summed E-state index contributed by atoms with van der Waals surface area (Å²) in [6, 6.07) is 4.68. The zero-order chi connectivity index (χ0) is 16.3. The molecule has 0 saturated heterocycles. The van der Waals surface area contributed by atoms with Crippen LogP contribution in [0.1, 0.15) is 19.8 Å². The number of nitrogens with one attached hydrogen (secondary N) is 1. The molecule has 0 bridgehead atoms. The molecule has 1 aliphatic heterocycles. The Labute approximate surface area is 135 Å². The monoisotopic (exact) mass is 346 g/mol. The van der Waals surface area contributed by atoms with E-state index < -0.39 is 16.1 Å². The topological polar surface area (TPSA) is 75.7 Å². The lowest BCUT2D eigenvalue weighted by atomic mass is 10.2. The molecule has 8 heteroatoms. The molecule has 0 aliphatic carbocycles. The Morgan fingerprint density at radius 2 is 2.23 bits per heavy atom. The lowest BCUT2D eigenvalue weighted by Crippen LogP contribution is -2.50. The fourth-order valence-corrected chi connectivity index (χ4v) is 3.25. The Morgan fingerprint density at radius 3 is 2.86 bits per heavy atom. The molecule has 1 heterocycles. The third-order valence-corrected chi connectivity index (χ3v) is 4.69. The zero-order valence-electron chi connectivity index (χ0n) is 12.5. The maximum Gasteiger partial charge on any atom is 0.263 e. The number of unbranched alkanes of at least 4 members (excludes halogenated alkanes) is 1. The number of carbonyl (C=O) groups is 1. The van der Waals surface area contributed by atoms with Crippen molar-refractivity contribution in [1.29, 1.82) is 0 Å². The van der Waals surface area contributed by atoms with Crippen LogP contribution in [0, 0.1) is 0 Å². The number of benzene rings is 1. The minimum atomic E-state index is -3.53. The van der Waals surface area contributed by atoms with Crippen LogP contribution in [0.25, 0.3) is 0 Å². The zero-order valence-corrected chi connectivity index (χ0v) is 14.1. The van der Waals surface area contributed by atoms with Crippen molar-refractivity contribution >= 4 is 33.2 Å². The van der Waals surface area contributed by atoms with Crippen LogP contribution in [-0.4, -0.2) is 39.8 Å². The van der Waals surface area contributed by atoms with Crippen molar-refractivity contribution in [2.45, 2.75) is 25.9 Å². The largest absolute Gasteiger partial charge is 0.476 e. The summed E-state index contributed by atoms with van der Waals surface area (Å²) < 4.78 is 30.8. The van der Waals surface area contributed by atoms with E-state index in [4.69, 9.17) is 16.3 Å². The van der Waals surface area contributed by atoms with E-state index in [-0.39, 0.29) is 12.5 Å². The summed E-state index contributed by atoms with van der Waals surface area (Å²) in [6.07, 6.45) is 2.04. The number of amides is 1. The van der Waals surface area contributed by atoms with Gasteiger partial charge in [-0.3, -0.25) is 9.10 Å². The fourth-order valence-electron chi connectivity index (χ4n) is 2.18. The van der Waals surface area contributed by atoms with E-state index in [1.165, 1.54) is 6.07 Å². The van der Waals surface area contributed by atoms with Crippen molar-refractivity contribution in [2.75, 3.05) is 23.7 Å². The molecule has 1 atom stereocenters. The van der Waals surface area contributed by atoms with E-state index in [1.54, 1.807) is 12.1 Å². The Hall–Kier alpha value is -1.47. The van der Waals surface area contributed by atoms with Crippen LogP contribution in [0.15, 0.2) is 18.2 Å². The maximum atomic E-state index is 12.1. The second-order valence-corrected chi connectivity index (χ2v) is 7.50. The van der Waals surface area contributed by atoms with Gasteiger partial charge in [0, 0.05) is 11.6 Å². The van der Waals surface area contributed by atoms with Crippen molar-refractivity contribution in [3.8, 4) is 5.75 Å². The summed E-state index contributed by atoms with van der Waals surface area (Å²) in [4.78, 5) is 12.1. The summed E-state index contributed by atoms with van der Waals surface area (Å²) in [5.74, 6) is 0.0133. The van der Waals surface area contributed by atoms with Crippen LogP contribution in [0.5, 0.6) is 5.75 Å². The molecule has 1 amide bonds. The highest BCUT2D eigenvalue weighted by molar-refractivity contribution is 7.92. The number of hydrogen-bond donors (Lipinski definition) is 1. The molecule has 1 N–H and O–H groups in total. The molecule has 2 rings (SSSR count). The Morgan fingerprint density at radius 1 is 1.50 bits per heavy atom. The lowest BCUT2D eigenvalue weighted by Gasteiger charge is -2.34. The van der Waals surface area contributed by atoms with Gasteiger partial charge in [-0.25, -0.2) is 8.42 Å². The summed E-state index contributed by atoms with van der Waals surface area (Å²) in [6.45, 7) is 2.50. The number of anilines is 1. The number of fused-ring (bicyclic) bond motifs is 1. The summed E-state index contributed by atoms with van der Waals surface area (Å²) in [5, 5.41) is 3.16. The quantitative estimate of drug-likeness (QED) is 0.825. The van der Waals surface area contributed by atoms with Crippen LogP contribution < -0.4 is 14.4 Å². The Balaban J connectivity index is 2.25. The minimum Gasteiger partial charge on any atom is -0.476 e. The predicted octanol–water partition coefficient (Wildman–Crippen LogP) is 1.78. The molecule has 1 aromatic rings. The average Bonchev–Trinajstić information content (AvgIpc) is 2.45. The molecule has 1 unspecified atom stereocenters. The SMILES string of the molecule is CCCCNC(=O)C1CN(S(C)(=O)=O)c2cc(Cl)ccc2O1. The molecular formula is C14H19ClN2O4S. The van der Waals surface area contributed by atoms with Gasteiger partial charge in [0.25, 0.3) is 5.91 Å². The molecule has 0 radical (unpaired) electrons. The van der Waals surface area contributed by atoms with Crippen molar-refractivity contribution in [3.63, 3.8) is 0 Å². The highest BCUT2D eigenvalue weighted by Crippen LogP contribution is 2.36. The maximum absolute atomic E-state index is 12.1. The van der Waals surface area contributed by atoms with Crippen LogP contribution in [0.2, 0.25) is 5.02 Å². The molecule has 0 saturated carbocycles. The van der Waals surface area contributed by atoms with Gasteiger partial charge < -0.3 is 10.1 Å². The first-order chi connectivity index (χ1) is 10.3. The van der Waals surface area contributed by atoms with Crippen molar-refractivity contribution in [3.05, 3.63) is 23.2 Å². The molecule has 22 heavy (non-hydrogen) atoms. The van der Waals surface area contributed by atoms with Gasteiger partial charge in [-0.2, -0.15) is 0 Å². The van der Waals surface area contributed by atoms with Gasteiger partial charge in [-0.15, -0.1) is 0 Å². The van der Waals surface area contributed by atoms with E-state index >= 15 is 0 Å². The van der Waals surface area contributed by atoms with Gasteiger partial charge in [0.15, 0.2) is 6.10 Å². The number of ether oxygens (including phenoxy) is 1. The third kappa shape index (κ3) is 3.84. The van der Waals surface area contributed by atoms with E-state index in [9.17, 15) is 13.2 Å². The smallest absolute Gasteiger partial charge is 0.263 e. The number of hydrogen-bond acceptors (Lipinski definition) is 4. The molecular weight excluding hydrogens is 328 g/mol. The van der Waals surface area contributed by atoms with Crippen LogP contribution in [0.4, 0.5) is 5.69 Å². The van der Waals surface area contributed by atoms with Gasteiger partial charge in [0.1, 0.15) is 5.75 Å². The van der Waals surface area contributed by atoms with Crippen molar-refractivity contribution in [2.24, 2.45) is 0 Å². The van der Waals surface area contributed by atoms with Gasteiger partial charge >= 0.3 is 0 Å². The Kier molecular flexibility index (Phi) is 5.18. The van der Waals surface area contributed by atoms with Crippen LogP contribution >= 0.6 is 11.6 Å². The molecule has 1 aromatic carbocycles. The number of rotatable bonds is 5. The number of nitrogens with zero attached hydrogens (tertiary/aromatic N) is 1. The molecule has 6 nitrogen and oxygen atoms in total. The normalized spacial score (nSPS) is 17.6. The highest BCUT2D eigenvalue weighted by atomic mass is 35.5. The molecule has 0 spiro atoms. The minimum absolute atomic E-state index is 0.0653. The van der Waals surface area contributed by atoms with E-state index in [1.807, 2.05) is 6.92 Å². The first-order valence-corrected chi connectivity index (χ1v) is 9.27. The lowest BCUT2D eigenvalue weighted by molar-refractivity contribution is -0.127. The number of carbonyl (C=O) groups excluding carboxylic acids is 1. The van der Waals surface area contributed by atoms with E-state index in [2.05, 4.69) is 5.32 Å². The first-order valence-electron chi connectivity index (χ1n) is 7.04. The van der Waals surface area contributed by atoms with Gasteiger partial charge in [-0.05, 0) is 24.6 Å². The standard InChI is InChI=1S/C14H19ClN2O4S/c1-3-4-7-16-14(18)13-9-17(22(2,19)20)11-8-10(15)5-6-12(11)21-13/h5-6,8,13H,3-4,7,9H2,1-2H3,(H,16,18). The molecule has 0 aromatic heterocycles. The van der Waals surface area contributed by atoms with Crippen molar-refractivity contribution in [1.82, 2.24) is 5.32 Å². The van der Waals surface area contributed by atoms with Crippen LogP contribution in [0.3, 0.4) is 0 Å². The predicted molar refractivity (Wildman–Crippen MR) is 86.0 cm³/mol. The Bertz CT molecular complexity index is 663. The fraction of sp³-hybridized carbons (Fsp3) is 0.500. The molecule has 1 aliphatic rings. The summed E-state index contributed by atoms with van der Waals surface area (Å²) >= 11 is 5.92. The number of sulfonamides is 1. The average molecular weight is 347 g/mol. The third-order valence-electron chi connectivity index (χ3n) is 3.31. The van der Waals surface area contributed by atoms with Gasteiger partial charge in [0.05, 0.1) is 18.5 Å². The second kappa shape index (κ2) is 6.75. The second-order valence-electron chi connectivity index (χ2n) is 5.16. The van der Waals surface area contributed by atoms with Gasteiger partial charge in [-0.1, -0.05) is 24.9 Å². The first kappa shape index (κ1) is 16.9. The van der Waals surface area contributed by atoms with E-state index in [0.717, 1.165) is 23.4 Å². The molecule has 122 valence electrons. The van der Waals surface area contributed by atoms with Crippen molar-refractivity contribution < 1.29 is 17.9 Å². The van der Waals surface area contributed by atoms with E-state index in [0.29, 0.717) is 23.0 Å². The summed E-state index contributed by atoms with van der Waals surface area (Å²) in [5.41, 5.74) is 0.354. The summed E-state index contributed by atoms with van der Waals surface area (Å²) in [7, 11) is -3.53. The number of halogens is 1. The molecule has 0 fully saturated rings. The van der Waals surface area contributed by atoms with Gasteiger partial charge in [0.2, 0.25) is 10.0 Å². The van der Waals surface area contributed by atoms with Crippen LogP contribution in [-0.2, 0) is 14.8 Å².